The molecule has 4 rings (SSSR count). The highest BCUT2D eigenvalue weighted by molar-refractivity contribution is 7.92. The van der Waals surface area contributed by atoms with E-state index in [0.717, 1.165) is 31.4 Å². The Morgan fingerprint density at radius 1 is 1.18 bits per heavy atom. The Morgan fingerprint density at radius 3 is 2.62 bits per heavy atom. The number of nitrogens with zero attached hydrogens (tertiary/aromatic N) is 5. The van der Waals surface area contributed by atoms with E-state index in [0.29, 0.717) is 25.4 Å². The van der Waals surface area contributed by atoms with Crippen molar-refractivity contribution in [3.8, 4) is 5.75 Å². The standard InChI is InChI=1S/C32H46N6O6S/c1-23-17-38(24(2)21-39)32(40)28-16-27(35-45(41,42)31-20-37(5)22-34-31)9-10-29(28)44-25(3)8-6-7-15-43-30(23)19-36(4)18-26-11-13-33-14-12-26/h9-14,16,20,22-25,30,35,39H,6-8,15,17-19,21H2,1-5H3/t23-,24-,25-,30+/m0/s1. The molecule has 1 aromatic carbocycles. The number of ether oxygens (including phenoxy) is 2. The minimum atomic E-state index is -3.99. The average molecular weight is 643 g/mol. The minimum absolute atomic E-state index is 0.0834. The molecule has 2 N–H and O–H groups in total. The molecule has 0 fully saturated rings. The molecule has 0 spiro atoms. The quantitative estimate of drug-likeness (QED) is 0.359. The summed E-state index contributed by atoms with van der Waals surface area (Å²) in [4.78, 5) is 26.2. The number of benzene rings is 1. The van der Waals surface area contributed by atoms with Gasteiger partial charge in [0.2, 0.25) is 0 Å². The number of hydrogen-bond donors (Lipinski definition) is 2. The number of fused-ring (bicyclic) bond motifs is 1. The number of pyridine rings is 1. The topological polar surface area (TPSA) is 139 Å². The zero-order valence-corrected chi connectivity index (χ0v) is 27.6. The summed E-state index contributed by atoms with van der Waals surface area (Å²) in [5.41, 5.74) is 1.56. The average Bonchev–Trinajstić information content (AvgIpc) is 3.46. The maximum Gasteiger partial charge on any atom is 0.280 e. The summed E-state index contributed by atoms with van der Waals surface area (Å²) in [6, 6.07) is 8.16. The van der Waals surface area contributed by atoms with E-state index in [4.69, 9.17) is 9.47 Å². The van der Waals surface area contributed by atoms with E-state index in [-0.39, 0.29) is 46.9 Å². The molecule has 0 saturated heterocycles. The Bertz CT molecular complexity index is 1500. The number of carbonyl (C=O) groups excluding carboxylic acids is 1. The molecule has 3 aromatic rings. The molecule has 0 bridgehead atoms. The molecule has 246 valence electrons. The van der Waals surface area contributed by atoms with Gasteiger partial charge in [-0.1, -0.05) is 6.92 Å². The zero-order chi connectivity index (χ0) is 32.6. The normalized spacial score (nSPS) is 21.1. The third kappa shape index (κ3) is 9.49. The molecule has 1 amide bonds. The first-order valence-electron chi connectivity index (χ1n) is 15.4. The number of aryl methyl sites for hydroxylation is 1. The third-order valence-corrected chi connectivity index (χ3v) is 9.22. The van der Waals surface area contributed by atoms with Crippen molar-refractivity contribution in [2.45, 2.75) is 69.9 Å². The Labute approximate surface area is 266 Å². The van der Waals surface area contributed by atoms with Crippen LogP contribution < -0.4 is 9.46 Å². The maximum absolute atomic E-state index is 14.3. The molecule has 1 aliphatic heterocycles. The van der Waals surface area contributed by atoms with Crippen molar-refractivity contribution in [3.05, 3.63) is 66.4 Å². The van der Waals surface area contributed by atoms with Gasteiger partial charge in [-0.3, -0.25) is 19.4 Å². The lowest BCUT2D eigenvalue weighted by Gasteiger charge is -2.36. The summed E-state index contributed by atoms with van der Waals surface area (Å²) in [5.74, 6) is -0.0941. The van der Waals surface area contributed by atoms with E-state index < -0.39 is 16.1 Å². The number of hydrogen-bond acceptors (Lipinski definition) is 9. The predicted molar refractivity (Wildman–Crippen MR) is 171 cm³/mol. The van der Waals surface area contributed by atoms with Crippen LogP contribution in [0.15, 0.2) is 60.3 Å². The maximum atomic E-state index is 14.3. The molecule has 0 unspecified atom stereocenters. The minimum Gasteiger partial charge on any atom is -0.490 e. The molecule has 3 heterocycles. The smallest absolute Gasteiger partial charge is 0.280 e. The van der Waals surface area contributed by atoms with Gasteiger partial charge >= 0.3 is 0 Å². The molecule has 13 heteroatoms. The summed E-state index contributed by atoms with van der Waals surface area (Å²) in [5, 5.41) is 10.1. The monoisotopic (exact) mass is 642 g/mol. The van der Waals surface area contributed by atoms with Gasteiger partial charge in [0.15, 0.2) is 5.03 Å². The second-order valence-electron chi connectivity index (χ2n) is 12.0. The van der Waals surface area contributed by atoms with Crippen molar-refractivity contribution in [1.82, 2.24) is 24.3 Å². The first kappa shape index (κ1) is 34.4. The van der Waals surface area contributed by atoms with Crippen LogP contribution in [0.5, 0.6) is 5.75 Å². The van der Waals surface area contributed by atoms with Gasteiger partial charge in [-0.05, 0) is 76.1 Å². The van der Waals surface area contributed by atoms with Gasteiger partial charge in [0.25, 0.3) is 15.9 Å². The fourth-order valence-corrected chi connectivity index (χ4v) is 6.39. The number of rotatable bonds is 9. The van der Waals surface area contributed by atoms with Crippen LogP contribution in [-0.4, -0.2) is 95.4 Å². The molecule has 0 aliphatic carbocycles. The van der Waals surface area contributed by atoms with E-state index in [1.807, 2.05) is 26.1 Å². The number of aliphatic hydroxyl groups excluding tert-OH is 1. The molecule has 0 saturated carbocycles. The molecule has 1 aliphatic rings. The van der Waals surface area contributed by atoms with Crippen molar-refractivity contribution in [1.29, 1.82) is 0 Å². The highest BCUT2D eigenvalue weighted by Gasteiger charge is 2.31. The Balaban J connectivity index is 1.64. The Hall–Kier alpha value is -3.52. The number of anilines is 1. The van der Waals surface area contributed by atoms with E-state index >= 15 is 0 Å². The van der Waals surface area contributed by atoms with Crippen molar-refractivity contribution in [3.63, 3.8) is 0 Å². The first-order chi connectivity index (χ1) is 21.5. The van der Waals surface area contributed by atoms with E-state index in [1.165, 1.54) is 18.6 Å². The lowest BCUT2D eigenvalue weighted by atomic mass is 10.0. The SMILES string of the molecule is C[C@H]1CCCCO[C@H](CN(C)Cc2ccncc2)[C@@H](C)CN([C@@H](C)CO)C(=O)c2cc(NS(=O)(=O)c3cn(C)cn3)ccc2O1. The summed E-state index contributed by atoms with van der Waals surface area (Å²) in [7, 11) is -0.266. The van der Waals surface area contributed by atoms with Gasteiger partial charge < -0.3 is 24.0 Å². The fraction of sp³-hybridized carbons (Fsp3) is 0.531. The van der Waals surface area contributed by atoms with Gasteiger partial charge in [0, 0.05) is 63.5 Å². The van der Waals surface area contributed by atoms with Crippen LogP contribution in [0.4, 0.5) is 5.69 Å². The number of likely N-dealkylation sites (N-methyl/N-ethyl adjacent to an activating group) is 1. The van der Waals surface area contributed by atoms with Gasteiger partial charge in [-0.2, -0.15) is 8.42 Å². The molecule has 45 heavy (non-hydrogen) atoms. The molecule has 2 aromatic heterocycles. The van der Waals surface area contributed by atoms with E-state index in [1.54, 1.807) is 48.0 Å². The number of aliphatic hydroxyl groups is 1. The summed E-state index contributed by atoms with van der Waals surface area (Å²) < 4.78 is 42.8. The van der Waals surface area contributed by atoms with E-state index in [2.05, 4.69) is 26.5 Å². The van der Waals surface area contributed by atoms with Crippen LogP contribution in [0.2, 0.25) is 0 Å². The molecule has 0 radical (unpaired) electrons. The molecular weight excluding hydrogens is 596 g/mol. The number of imidazole rings is 1. The van der Waals surface area contributed by atoms with Gasteiger partial charge in [0.05, 0.1) is 36.7 Å². The van der Waals surface area contributed by atoms with Crippen LogP contribution in [0.25, 0.3) is 0 Å². The number of aromatic nitrogens is 3. The fourth-order valence-electron chi connectivity index (χ4n) is 5.36. The van der Waals surface area contributed by atoms with Crippen molar-refractivity contribution >= 4 is 21.6 Å². The largest absolute Gasteiger partial charge is 0.490 e. The third-order valence-electron chi connectivity index (χ3n) is 7.95. The van der Waals surface area contributed by atoms with Gasteiger partial charge in [-0.15, -0.1) is 0 Å². The molecule has 12 nitrogen and oxygen atoms in total. The second kappa shape index (κ2) is 15.7. The highest BCUT2D eigenvalue weighted by atomic mass is 32.2. The number of amides is 1. The number of sulfonamides is 1. The van der Waals surface area contributed by atoms with Crippen LogP contribution in [0, 0.1) is 5.92 Å². The Morgan fingerprint density at radius 2 is 1.93 bits per heavy atom. The number of nitrogens with one attached hydrogen (secondary N) is 1. The lowest BCUT2D eigenvalue weighted by molar-refractivity contribution is -0.0177. The highest BCUT2D eigenvalue weighted by Crippen LogP contribution is 2.29. The first-order valence-corrected chi connectivity index (χ1v) is 16.9. The summed E-state index contributed by atoms with van der Waals surface area (Å²) >= 11 is 0. The lowest BCUT2D eigenvalue weighted by Crippen LogP contribution is -2.47. The zero-order valence-electron chi connectivity index (χ0n) is 26.8. The Kier molecular flexibility index (Phi) is 12.0. The van der Waals surface area contributed by atoms with Crippen molar-refractivity contribution < 1.29 is 27.8 Å². The summed E-state index contributed by atoms with van der Waals surface area (Å²) in [6.07, 6.45) is 8.49. The van der Waals surface area contributed by atoms with Crippen LogP contribution >= 0.6 is 0 Å². The predicted octanol–water partition coefficient (Wildman–Crippen LogP) is 3.54. The molecule has 4 atom stereocenters. The second-order valence-corrected chi connectivity index (χ2v) is 13.7. The molecular formula is C32H46N6O6S. The van der Waals surface area contributed by atoms with Crippen LogP contribution in [-0.2, 0) is 28.4 Å². The number of carbonyl (C=O) groups is 1. The van der Waals surface area contributed by atoms with Gasteiger partial charge in [-0.25, -0.2) is 4.98 Å². The van der Waals surface area contributed by atoms with Crippen LogP contribution in [0.3, 0.4) is 0 Å². The van der Waals surface area contributed by atoms with Crippen molar-refractivity contribution in [2.75, 3.05) is 38.1 Å². The van der Waals surface area contributed by atoms with Crippen molar-refractivity contribution in [2.24, 2.45) is 13.0 Å². The summed E-state index contributed by atoms with van der Waals surface area (Å²) in [6.45, 7) is 7.82. The van der Waals surface area contributed by atoms with E-state index in [9.17, 15) is 18.3 Å². The van der Waals surface area contributed by atoms with Crippen LogP contribution in [0.1, 0.15) is 56.0 Å². The van der Waals surface area contributed by atoms with Gasteiger partial charge in [0.1, 0.15) is 5.75 Å².